The average Bonchev–Trinajstić information content (AvgIpc) is 2.94. The minimum atomic E-state index is -0.00607. The molecule has 2 aliphatic rings. The van der Waals surface area contributed by atoms with Crippen LogP contribution in [0.4, 0.5) is 0 Å². The fourth-order valence-corrected chi connectivity index (χ4v) is 4.30. The molecule has 2 saturated heterocycles. The van der Waals surface area contributed by atoms with E-state index in [1.807, 2.05) is 9.80 Å². The topological polar surface area (TPSA) is 52.7 Å². The average molecular weight is 392 g/mol. The van der Waals surface area contributed by atoms with Crippen LogP contribution in [0.3, 0.4) is 0 Å². The number of rotatable bonds is 4. The predicted octanol–water partition coefficient (Wildman–Crippen LogP) is 3.04. The number of nitrogens with zero attached hydrogens (tertiary/aromatic N) is 2. The fourth-order valence-electron chi connectivity index (χ4n) is 4.11. The van der Waals surface area contributed by atoms with E-state index < -0.39 is 0 Å². The lowest BCUT2D eigenvalue weighted by molar-refractivity contribution is -0.132. The molecule has 0 saturated carbocycles. The molecule has 2 unspecified atom stereocenters. The molecule has 1 aromatic carbocycles. The van der Waals surface area contributed by atoms with Gasteiger partial charge in [-0.1, -0.05) is 24.6 Å². The Morgan fingerprint density at radius 3 is 2.70 bits per heavy atom. The molecule has 5 nitrogen and oxygen atoms in total. The molecule has 27 heavy (non-hydrogen) atoms. The lowest BCUT2D eigenvalue weighted by atomic mass is 9.85. The second-order valence-electron chi connectivity index (χ2n) is 7.82. The summed E-state index contributed by atoms with van der Waals surface area (Å²) in [6.07, 6.45) is 3.84. The molecule has 0 aliphatic carbocycles. The number of carbonyl (C=O) groups is 2. The first-order chi connectivity index (χ1) is 13.0. The SMILES string of the molecule is CC(CC(=O)N1CCCN(C(=O)c2cccc(Cl)c2)CC1)C1CCCNC1. The number of benzene rings is 1. The molecular weight excluding hydrogens is 362 g/mol. The van der Waals surface area contributed by atoms with Gasteiger partial charge in [-0.05, 0) is 62.4 Å². The van der Waals surface area contributed by atoms with Crippen molar-refractivity contribution in [2.24, 2.45) is 11.8 Å². The van der Waals surface area contributed by atoms with Gasteiger partial charge >= 0.3 is 0 Å². The van der Waals surface area contributed by atoms with E-state index in [1.54, 1.807) is 24.3 Å². The van der Waals surface area contributed by atoms with Crippen molar-refractivity contribution in [3.8, 4) is 0 Å². The van der Waals surface area contributed by atoms with Crippen LogP contribution in [0.1, 0.15) is 43.0 Å². The molecule has 0 radical (unpaired) electrons. The van der Waals surface area contributed by atoms with Crippen LogP contribution in [0.5, 0.6) is 0 Å². The van der Waals surface area contributed by atoms with Crippen LogP contribution in [0, 0.1) is 11.8 Å². The summed E-state index contributed by atoms with van der Waals surface area (Å²) in [5.74, 6) is 1.21. The zero-order chi connectivity index (χ0) is 19.2. The number of piperidine rings is 1. The standard InChI is InChI=1S/C21H30ClN3O2/c1-16(18-6-3-8-23-15-18)13-20(26)24-9-4-10-25(12-11-24)21(27)17-5-2-7-19(22)14-17/h2,5,7,14,16,18,23H,3-4,6,8-13,15H2,1H3. The number of nitrogens with one attached hydrogen (secondary N) is 1. The lowest BCUT2D eigenvalue weighted by Crippen LogP contribution is -2.39. The van der Waals surface area contributed by atoms with E-state index in [2.05, 4.69) is 12.2 Å². The van der Waals surface area contributed by atoms with E-state index >= 15 is 0 Å². The molecule has 3 rings (SSSR count). The second-order valence-corrected chi connectivity index (χ2v) is 8.26. The summed E-state index contributed by atoms with van der Waals surface area (Å²) < 4.78 is 0. The molecule has 2 heterocycles. The van der Waals surface area contributed by atoms with E-state index in [0.29, 0.717) is 48.5 Å². The Kier molecular flexibility index (Phi) is 7.13. The van der Waals surface area contributed by atoms with Crippen molar-refractivity contribution in [1.82, 2.24) is 15.1 Å². The molecule has 148 valence electrons. The fraction of sp³-hybridized carbons (Fsp3) is 0.619. The largest absolute Gasteiger partial charge is 0.341 e. The Balaban J connectivity index is 1.53. The van der Waals surface area contributed by atoms with Gasteiger partial charge in [-0.25, -0.2) is 0 Å². The van der Waals surface area contributed by atoms with Crippen LogP contribution in [0.25, 0.3) is 0 Å². The van der Waals surface area contributed by atoms with Gasteiger partial charge in [0.05, 0.1) is 0 Å². The van der Waals surface area contributed by atoms with Gasteiger partial charge in [0, 0.05) is 43.2 Å². The van der Waals surface area contributed by atoms with Crippen LogP contribution < -0.4 is 5.32 Å². The number of carbonyl (C=O) groups excluding carboxylic acids is 2. The normalized spacial score (nSPS) is 22.2. The summed E-state index contributed by atoms with van der Waals surface area (Å²) in [6, 6.07) is 7.06. The summed E-state index contributed by atoms with van der Waals surface area (Å²) in [5, 5.41) is 4.01. The maximum absolute atomic E-state index is 12.8. The van der Waals surface area contributed by atoms with Crippen molar-refractivity contribution in [2.75, 3.05) is 39.3 Å². The highest BCUT2D eigenvalue weighted by Gasteiger charge is 2.26. The van der Waals surface area contributed by atoms with E-state index in [-0.39, 0.29) is 11.8 Å². The lowest BCUT2D eigenvalue weighted by Gasteiger charge is -2.30. The number of amides is 2. The van der Waals surface area contributed by atoms with E-state index in [0.717, 1.165) is 26.1 Å². The van der Waals surface area contributed by atoms with Gasteiger partial charge in [0.1, 0.15) is 0 Å². The van der Waals surface area contributed by atoms with Crippen molar-refractivity contribution in [3.05, 3.63) is 34.9 Å². The molecule has 0 spiro atoms. The van der Waals surface area contributed by atoms with E-state index in [1.165, 1.54) is 12.8 Å². The quantitative estimate of drug-likeness (QED) is 0.858. The van der Waals surface area contributed by atoms with Gasteiger partial charge in [-0.15, -0.1) is 0 Å². The third-order valence-electron chi connectivity index (χ3n) is 5.84. The van der Waals surface area contributed by atoms with Crippen molar-refractivity contribution >= 4 is 23.4 Å². The first kappa shape index (κ1) is 20.2. The molecular formula is C21H30ClN3O2. The highest BCUT2D eigenvalue weighted by Crippen LogP contribution is 2.23. The Hall–Kier alpha value is -1.59. The summed E-state index contributed by atoms with van der Waals surface area (Å²) in [5.41, 5.74) is 0.612. The third-order valence-corrected chi connectivity index (χ3v) is 6.08. The summed E-state index contributed by atoms with van der Waals surface area (Å²) >= 11 is 6.01. The summed E-state index contributed by atoms with van der Waals surface area (Å²) in [4.78, 5) is 29.3. The van der Waals surface area contributed by atoms with Crippen molar-refractivity contribution in [1.29, 1.82) is 0 Å². The maximum atomic E-state index is 12.8. The summed E-state index contributed by atoms with van der Waals surface area (Å²) in [7, 11) is 0. The zero-order valence-corrected chi connectivity index (χ0v) is 16.9. The van der Waals surface area contributed by atoms with E-state index in [9.17, 15) is 9.59 Å². The van der Waals surface area contributed by atoms with Gasteiger partial charge in [-0.3, -0.25) is 9.59 Å². The van der Waals surface area contributed by atoms with E-state index in [4.69, 9.17) is 11.6 Å². The van der Waals surface area contributed by atoms with Gasteiger partial charge in [0.15, 0.2) is 0 Å². The minimum Gasteiger partial charge on any atom is -0.341 e. The Morgan fingerprint density at radius 1 is 1.19 bits per heavy atom. The molecule has 0 aromatic heterocycles. The van der Waals surface area contributed by atoms with Crippen LogP contribution >= 0.6 is 11.6 Å². The first-order valence-electron chi connectivity index (χ1n) is 10.1. The molecule has 2 atom stereocenters. The molecule has 2 amide bonds. The summed E-state index contributed by atoms with van der Waals surface area (Å²) in [6.45, 7) is 6.92. The maximum Gasteiger partial charge on any atom is 0.253 e. The Morgan fingerprint density at radius 2 is 1.96 bits per heavy atom. The smallest absolute Gasteiger partial charge is 0.253 e. The van der Waals surface area contributed by atoms with Crippen molar-refractivity contribution in [3.63, 3.8) is 0 Å². The van der Waals surface area contributed by atoms with Gasteiger partial charge < -0.3 is 15.1 Å². The third kappa shape index (κ3) is 5.45. The van der Waals surface area contributed by atoms with Gasteiger partial charge in [-0.2, -0.15) is 0 Å². The number of halogens is 1. The van der Waals surface area contributed by atoms with Crippen molar-refractivity contribution < 1.29 is 9.59 Å². The Labute approximate surface area is 167 Å². The first-order valence-corrected chi connectivity index (χ1v) is 10.5. The molecule has 0 bridgehead atoms. The van der Waals surface area contributed by atoms with Crippen molar-refractivity contribution in [2.45, 2.75) is 32.6 Å². The van der Waals surface area contributed by atoms with Gasteiger partial charge in [0.2, 0.25) is 5.91 Å². The minimum absolute atomic E-state index is 0.00607. The molecule has 6 heteroatoms. The molecule has 1 N–H and O–H groups in total. The van der Waals surface area contributed by atoms with Gasteiger partial charge in [0.25, 0.3) is 5.91 Å². The number of hydrogen-bond acceptors (Lipinski definition) is 3. The highest BCUT2D eigenvalue weighted by molar-refractivity contribution is 6.30. The molecule has 1 aromatic rings. The zero-order valence-electron chi connectivity index (χ0n) is 16.1. The van der Waals surface area contributed by atoms with Crippen LogP contribution in [-0.4, -0.2) is 60.9 Å². The van der Waals surface area contributed by atoms with Crippen LogP contribution in [0.2, 0.25) is 5.02 Å². The Bertz CT molecular complexity index is 661. The second kappa shape index (κ2) is 9.56. The predicted molar refractivity (Wildman–Crippen MR) is 108 cm³/mol. The number of hydrogen-bond donors (Lipinski definition) is 1. The monoisotopic (exact) mass is 391 g/mol. The van der Waals surface area contributed by atoms with Crippen LogP contribution in [-0.2, 0) is 4.79 Å². The molecule has 2 fully saturated rings. The highest BCUT2D eigenvalue weighted by atomic mass is 35.5. The van der Waals surface area contributed by atoms with Crippen LogP contribution in [0.15, 0.2) is 24.3 Å². The molecule has 2 aliphatic heterocycles.